The van der Waals surface area contributed by atoms with Crippen LogP contribution in [-0.2, 0) is 23.9 Å². The third-order valence-corrected chi connectivity index (χ3v) is 3.98. The van der Waals surface area contributed by atoms with Crippen molar-refractivity contribution in [2.24, 2.45) is 5.92 Å². The van der Waals surface area contributed by atoms with Crippen molar-refractivity contribution in [3.05, 3.63) is 35.5 Å². The van der Waals surface area contributed by atoms with Gasteiger partial charge in [-0.2, -0.15) is 0 Å². The van der Waals surface area contributed by atoms with Gasteiger partial charge in [0.1, 0.15) is 19.0 Å². The standard InChI is InChI=1S/C17H20O5/c1-11-15-7-6-13(9-18)4-3-5-14(10-21-12(2)19)8-16(15)22-17(11)20/h4,8-9,15-16H,1,3,5-7,10H2,2H3/b13-4+,14-8-/t15-,16+/m0/s1. The minimum Gasteiger partial charge on any atom is -0.461 e. The van der Waals surface area contributed by atoms with Crippen LogP contribution in [0.15, 0.2) is 35.5 Å². The summed E-state index contributed by atoms with van der Waals surface area (Å²) < 4.78 is 10.4. The molecule has 0 radical (unpaired) electrons. The fourth-order valence-corrected chi connectivity index (χ4v) is 2.72. The summed E-state index contributed by atoms with van der Waals surface area (Å²) in [4.78, 5) is 33.8. The highest BCUT2D eigenvalue weighted by atomic mass is 16.6. The van der Waals surface area contributed by atoms with Gasteiger partial charge in [0, 0.05) is 18.4 Å². The van der Waals surface area contributed by atoms with Crippen molar-refractivity contribution in [3.63, 3.8) is 0 Å². The molecule has 22 heavy (non-hydrogen) atoms. The first-order chi connectivity index (χ1) is 10.5. The zero-order valence-corrected chi connectivity index (χ0v) is 12.7. The van der Waals surface area contributed by atoms with E-state index in [2.05, 4.69) is 6.58 Å². The van der Waals surface area contributed by atoms with Crippen molar-refractivity contribution in [3.8, 4) is 0 Å². The highest BCUT2D eigenvalue weighted by Gasteiger charge is 2.37. The Bertz CT molecular complexity index is 555. The molecule has 2 atom stereocenters. The number of aldehydes is 1. The van der Waals surface area contributed by atoms with Crippen LogP contribution in [0.5, 0.6) is 0 Å². The molecule has 1 aliphatic heterocycles. The Morgan fingerprint density at radius 3 is 2.95 bits per heavy atom. The van der Waals surface area contributed by atoms with Gasteiger partial charge in [-0.1, -0.05) is 12.7 Å². The SMILES string of the molecule is C=C1C(=O)O[C@@H]2/C=C(\COC(C)=O)CC/C=C(/C=O)CC[C@@H]12. The lowest BCUT2D eigenvalue weighted by Gasteiger charge is -2.18. The van der Waals surface area contributed by atoms with E-state index in [-0.39, 0.29) is 18.5 Å². The molecule has 1 saturated heterocycles. The summed E-state index contributed by atoms with van der Waals surface area (Å²) >= 11 is 0. The molecule has 118 valence electrons. The summed E-state index contributed by atoms with van der Waals surface area (Å²) in [6.07, 6.45) is 6.80. The summed E-state index contributed by atoms with van der Waals surface area (Å²) in [6.45, 7) is 5.33. The summed E-state index contributed by atoms with van der Waals surface area (Å²) in [5, 5.41) is 0. The second kappa shape index (κ2) is 7.20. The molecule has 0 saturated carbocycles. The van der Waals surface area contributed by atoms with Crippen molar-refractivity contribution in [2.75, 3.05) is 6.61 Å². The van der Waals surface area contributed by atoms with Crippen molar-refractivity contribution in [1.82, 2.24) is 0 Å². The largest absolute Gasteiger partial charge is 0.461 e. The van der Waals surface area contributed by atoms with E-state index in [0.717, 1.165) is 17.4 Å². The molecule has 2 aliphatic rings. The molecule has 1 aliphatic carbocycles. The zero-order valence-electron chi connectivity index (χ0n) is 12.7. The normalized spacial score (nSPS) is 30.2. The maximum Gasteiger partial charge on any atom is 0.334 e. The quantitative estimate of drug-likeness (QED) is 0.346. The molecule has 1 fully saturated rings. The van der Waals surface area contributed by atoms with Crippen LogP contribution in [0.4, 0.5) is 0 Å². The van der Waals surface area contributed by atoms with Crippen LogP contribution in [0.1, 0.15) is 32.6 Å². The Morgan fingerprint density at radius 1 is 1.50 bits per heavy atom. The Kier molecular flexibility index (Phi) is 5.31. The molecular weight excluding hydrogens is 284 g/mol. The Hall–Kier alpha value is -2.17. The number of allylic oxidation sites excluding steroid dienone is 2. The molecule has 0 bridgehead atoms. The first kappa shape index (κ1) is 16.2. The summed E-state index contributed by atoms with van der Waals surface area (Å²) in [6, 6.07) is 0. The number of hydrogen-bond donors (Lipinski definition) is 0. The van der Waals surface area contributed by atoms with Gasteiger partial charge in [0.25, 0.3) is 0 Å². The van der Waals surface area contributed by atoms with Gasteiger partial charge in [0.2, 0.25) is 0 Å². The number of carbonyl (C=O) groups is 3. The van der Waals surface area contributed by atoms with Crippen molar-refractivity contribution < 1.29 is 23.9 Å². The molecule has 0 amide bonds. The van der Waals surface area contributed by atoms with E-state index < -0.39 is 12.1 Å². The Labute approximate surface area is 129 Å². The maximum absolute atomic E-state index is 11.7. The minimum absolute atomic E-state index is 0.138. The lowest BCUT2D eigenvalue weighted by atomic mass is 9.88. The van der Waals surface area contributed by atoms with E-state index in [0.29, 0.717) is 31.3 Å². The van der Waals surface area contributed by atoms with E-state index in [4.69, 9.17) is 9.47 Å². The second-order valence-electron chi connectivity index (χ2n) is 5.58. The molecule has 0 unspecified atom stereocenters. The van der Waals surface area contributed by atoms with E-state index in [9.17, 15) is 14.4 Å². The number of hydrogen-bond acceptors (Lipinski definition) is 5. The van der Waals surface area contributed by atoms with Gasteiger partial charge in [-0.3, -0.25) is 9.59 Å². The van der Waals surface area contributed by atoms with Crippen molar-refractivity contribution >= 4 is 18.2 Å². The molecule has 1 heterocycles. The van der Waals surface area contributed by atoms with Crippen molar-refractivity contribution in [2.45, 2.75) is 38.7 Å². The van der Waals surface area contributed by atoms with Crippen LogP contribution < -0.4 is 0 Å². The lowest BCUT2D eigenvalue weighted by Crippen LogP contribution is -2.17. The number of rotatable bonds is 3. The Morgan fingerprint density at radius 2 is 2.27 bits per heavy atom. The molecule has 0 aromatic carbocycles. The molecule has 5 heteroatoms. The maximum atomic E-state index is 11.7. The molecule has 2 rings (SSSR count). The monoisotopic (exact) mass is 304 g/mol. The molecule has 0 aromatic rings. The predicted octanol–water partition coefficient (Wildman–Crippen LogP) is 2.27. The van der Waals surface area contributed by atoms with Gasteiger partial charge in [0.05, 0.1) is 0 Å². The number of carbonyl (C=O) groups excluding carboxylic acids is 3. The average molecular weight is 304 g/mol. The average Bonchev–Trinajstić information content (AvgIpc) is 2.75. The topological polar surface area (TPSA) is 69.7 Å². The predicted molar refractivity (Wildman–Crippen MR) is 79.8 cm³/mol. The van der Waals surface area contributed by atoms with Gasteiger partial charge in [-0.15, -0.1) is 0 Å². The van der Waals surface area contributed by atoms with Crippen LogP contribution in [-0.4, -0.2) is 30.9 Å². The number of esters is 2. The van der Waals surface area contributed by atoms with Gasteiger partial charge in [-0.25, -0.2) is 4.79 Å². The van der Waals surface area contributed by atoms with Gasteiger partial charge in [-0.05, 0) is 42.9 Å². The van der Waals surface area contributed by atoms with Crippen LogP contribution in [0.3, 0.4) is 0 Å². The van der Waals surface area contributed by atoms with Crippen LogP contribution in [0.25, 0.3) is 0 Å². The molecular formula is C17H20O5. The van der Waals surface area contributed by atoms with Gasteiger partial charge < -0.3 is 9.47 Å². The van der Waals surface area contributed by atoms with E-state index >= 15 is 0 Å². The van der Waals surface area contributed by atoms with E-state index in [1.807, 2.05) is 12.2 Å². The fraction of sp³-hybridized carbons (Fsp3) is 0.471. The summed E-state index contributed by atoms with van der Waals surface area (Å²) in [5.41, 5.74) is 2.05. The Balaban J connectivity index is 2.23. The van der Waals surface area contributed by atoms with E-state index in [1.165, 1.54) is 6.92 Å². The van der Waals surface area contributed by atoms with Crippen LogP contribution >= 0.6 is 0 Å². The van der Waals surface area contributed by atoms with Crippen LogP contribution in [0, 0.1) is 5.92 Å². The van der Waals surface area contributed by atoms with E-state index in [1.54, 1.807) is 0 Å². The first-order valence-electron chi connectivity index (χ1n) is 7.38. The fourth-order valence-electron chi connectivity index (χ4n) is 2.72. The highest BCUT2D eigenvalue weighted by molar-refractivity contribution is 5.91. The highest BCUT2D eigenvalue weighted by Crippen LogP contribution is 2.34. The summed E-state index contributed by atoms with van der Waals surface area (Å²) in [7, 11) is 0. The second-order valence-corrected chi connectivity index (χ2v) is 5.58. The molecule has 0 spiro atoms. The zero-order chi connectivity index (χ0) is 16.1. The van der Waals surface area contributed by atoms with Gasteiger partial charge in [0.15, 0.2) is 0 Å². The number of fused-ring (bicyclic) bond motifs is 1. The van der Waals surface area contributed by atoms with Gasteiger partial charge >= 0.3 is 11.9 Å². The lowest BCUT2D eigenvalue weighted by molar-refractivity contribution is -0.140. The molecule has 0 N–H and O–H groups in total. The van der Waals surface area contributed by atoms with Crippen LogP contribution in [0.2, 0.25) is 0 Å². The smallest absolute Gasteiger partial charge is 0.334 e. The van der Waals surface area contributed by atoms with Crippen molar-refractivity contribution in [1.29, 1.82) is 0 Å². The first-order valence-corrected chi connectivity index (χ1v) is 7.38. The third-order valence-electron chi connectivity index (χ3n) is 3.98. The summed E-state index contributed by atoms with van der Waals surface area (Å²) in [5.74, 6) is -0.887. The molecule has 0 aromatic heterocycles. The molecule has 5 nitrogen and oxygen atoms in total. The number of ether oxygens (including phenoxy) is 2. The minimum atomic E-state index is -0.394. The third kappa shape index (κ3) is 3.93.